The molecule has 0 fully saturated rings. The molecule has 0 heterocycles. The van der Waals surface area contributed by atoms with Gasteiger partial charge in [0.15, 0.2) is 0 Å². The lowest BCUT2D eigenvalue weighted by molar-refractivity contribution is -0.0893. The van der Waals surface area contributed by atoms with E-state index in [-0.39, 0.29) is 0 Å². The van der Waals surface area contributed by atoms with Crippen LogP contribution in [0.2, 0.25) is 5.02 Å². The number of hydrogen-bond donors (Lipinski definition) is 1. The minimum absolute atomic E-state index is 0.694. The molecule has 2 rings (SSSR count). The van der Waals surface area contributed by atoms with Crippen LogP contribution in [0.25, 0.3) is 10.8 Å². The van der Waals surface area contributed by atoms with E-state index < -0.39 is 11.2 Å². The van der Waals surface area contributed by atoms with Gasteiger partial charge in [-0.3, -0.25) is 0 Å². The van der Waals surface area contributed by atoms with Gasteiger partial charge in [-0.2, -0.15) is 0 Å². The number of halogens is 1. The van der Waals surface area contributed by atoms with Crippen molar-refractivity contribution in [1.82, 2.24) is 0 Å². The van der Waals surface area contributed by atoms with E-state index in [2.05, 4.69) is 0 Å². The highest BCUT2D eigenvalue weighted by Gasteiger charge is 2.35. The highest BCUT2D eigenvalue weighted by atomic mass is 35.5. The molecule has 1 N–H and O–H groups in total. The van der Waals surface area contributed by atoms with Crippen molar-refractivity contribution in [3.8, 4) is 0 Å². The van der Waals surface area contributed by atoms with Crippen LogP contribution in [0, 0.1) is 0 Å². The Hall–Kier alpha value is -1.03. The summed E-state index contributed by atoms with van der Waals surface area (Å²) < 4.78 is 5.81. The lowest BCUT2D eigenvalue weighted by Gasteiger charge is -2.37. The molecule has 0 spiro atoms. The second-order valence-electron chi connectivity index (χ2n) is 5.99. The molecule has 0 atom stereocenters. The topological polar surface area (TPSA) is 29.5 Å². The minimum Gasteiger partial charge on any atom is -0.427 e. The van der Waals surface area contributed by atoms with Crippen molar-refractivity contribution in [2.75, 3.05) is 0 Å². The first-order valence-corrected chi connectivity index (χ1v) is 7.01. The molecule has 0 aromatic heterocycles. The van der Waals surface area contributed by atoms with E-state index in [1.54, 1.807) is 21.3 Å². The maximum Gasteiger partial charge on any atom is 0.331 e. The summed E-state index contributed by atoms with van der Waals surface area (Å²) in [5.41, 5.74) is -0.737. The molecular formula is C16H19BClO2. The molecule has 2 aromatic rings. The Labute approximate surface area is 126 Å². The summed E-state index contributed by atoms with van der Waals surface area (Å²) in [7, 11) is 1.67. The molecule has 0 bridgehead atoms. The fraction of sp³-hybridized carbons (Fsp3) is 0.375. The normalized spacial score (nSPS) is 12.7. The lowest BCUT2D eigenvalue weighted by atomic mass is 9.80. The third-order valence-corrected chi connectivity index (χ3v) is 4.15. The summed E-state index contributed by atoms with van der Waals surface area (Å²) in [6, 6.07) is 11.7. The molecule has 0 aliphatic heterocycles. The SMILES string of the molecule is CC(C)(O)C(C)(C)O[B]c1cccc2cccc(Cl)c12. The van der Waals surface area contributed by atoms with Crippen molar-refractivity contribution in [2.24, 2.45) is 0 Å². The van der Waals surface area contributed by atoms with Crippen LogP contribution in [0.5, 0.6) is 0 Å². The summed E-state index contributed by atoms with van der Waals surface area (Å²) in [6.07, 6.45) is 0. The molecule has 0 aliphatic rings. The van der Waals surface area contributed by atoms with E-state index >= 15 is 0 Å². The van der Waals surface area contributed by atoms with Crippen molar-refractivity contribution in [1.29, 1.82) is 0 Å². The third-order valence-electron chi connectivity index (χ3n) is 3.84. The van der Waals surface area contributed by atoms with Crippen LogP contribution >= 0.6 is 11.6 Å². The summed E-state index contributed by atoms with van der Waals surface area (Å²) in [5, 5.41) is 12.8. The predicted octanol–water partition coefficient (Wildman–Crippen LogP) is 3.30. The first-order valence-electron chi connectivity index (χ1n) is 6.63. The monoisotopic (exact) mass is 289 g/mol. The number of rotatable bonds is 4. The maximum atomic E-state index is 10.1. The van der Waals surface area contributed by atoms with E-state index in [1.807, 2.05) is 50.2 Å². The molecule has 20 heavy (non-hydrogen) atoms. The molecule has 0 aliphatic carbocycles. The van der Waals surface area contributed by atoms with Crippen molar-refractivity contribution < 1.29 is 9.76 Å². The largest absolute Gasteiger partial charge is 0.427 e. The van der Waals surface area contributed by atoms with Crippen LogP contribution in [0.4, 0.5) is 0 Å². The van der Waals surface area contributed by atoms with E-state index in [1.165, 1.54) is 0 Å². The summed E-state index contributed by atoms with van der Waals surface area (Å²) in [5.74, 6) is 0. The maximum absolute atomic E-state index is 10.1. The molecule has 0 saturated heterocycles. The van der Waals surface area contributed by atoms with Crippen LogP contribution < -0.4 is 5.46 Å². The molecule has 2 aromatic carbocycles. The van der Waals surface area contributed by atoms with Gasteiger partial charge in [-0.15, -0.1) is 0 Å². The van der Waals surface area contributed by atoms with E-state index in [0.717, 1.165) is 16.2 Å². The Morgan fingerprint density at radius 2 is 1.65 bits per heavy atom. The van der Waals surface area contributed by atoms with Crippen molar-refractivity contribution in [3.63, 3.8) is 0 Å². The van der Waals surface area contributed by atoms with Gasteiger partial charge < -0.3 is 9.76 Å². The number of hydrogen-bond acceptors (Lipinski definition) is 2. The van der Waals surface area contributed by atoms with Gasteiger partial charge in [0.05, 0.1) is 11.2 Å². The van der Waals surface area contributed by atoms with Crippen molar-refractivity contribution in [2.45, 2.75) is 38.9 Å². The average Bonchev–Trinajstić information content (AvgIpc) is 2.35. The molecule has 0 unspecified atom stereocenters. The second kappa shape index (κ2) is 5.40. The summed E-state index contributed by atoms with van der Waals surface area (Å²) in [4.78, 5) is 0. The second-order valence-corrected chi connectivity index (χ2v) is 6.40. The van der Waals surface area contributed by atoms with Crippen molar-refractivity contribution in [3.05, 3.63) is 41.4 Å². The Morgan fingerprint density at radius 1 is 1.05 bits per heavy atom. The summed E-state index contributed by atoms with van der Waals surface area (Å²) in [6.45, 7) is 7.18. The van der Waals surface area contributed by atoms with Crippen molar-refractivity contribution >= 4 is 35.3 Å². The predicted molar refractivity (Wildman–Crippen MR) is 85.8 cm³/mol. The average molecular weight is 290 g/mol. The van der Waals surface area contributed by atoms with Gasteiger partial charge in [-0.05, 0) is 50.0 Å². The Kier molecular flexibility index (Phi) is 4.15. The molecular weight excluding hydrogens is 270 g/mol. The zero-order valence-electron chi connectivity index (χ0n) is 12.3. The first kappa shape index (κ1) is 15.4. The van der Waals surface area contributed by atoms with Gasteiger partial charge in [0.1, 0.15) is 0 Å². The molecule has 105 valence electrons. The third kappa shape index (κ3) is 3.00. The van der Waals surface area contributed by atoms with Crippen LogP contribution in [0.15, 0.2) is 36.4 Å². The lowest BCUT2D eigenvalue weighted by Crippen LogP contribution is -2.49. The Balaban J connectivity index is 2.32. The fourth-order valence-corrected chi connectivity index (χ4v) is 2.07. The Morgan fingerprint density at radius 3 is 2.25 bits per heavy atom. The van der Waals surface area contributed by atoms with Gasteiger partial charge in [-0.1, -0.05) is 41.9 Å². The number of fused-ring (bicyclic) bond motifs is 1. The first-order chi connectivity index (χ1) is 9.22. The van der Waals surface area contributed by atoms with Gasteiger partial charge in [0.2, 0.25) is 0 Å². The van der Waals surface area contributed by atoms with Gasteiger partial charge in [-0.25, -0.2) is 0 Å². The van der Waals surface area contributed by atoms with E-state index in [9.17, 15) is 5.11 Å². The van der Waals surface area contributed by atoms with Gasteiger partial charge in [0, 0.05) is 5.02 Å². The molecule has 2 nitrogen and oxygen atoms in total. The highest BCUT2D eigenvalue weighted by molar-refractivity contribution is 6.53. The fourth-order valence-electron chi connectivity index (χ4n) is 1.78. The van der Waals surface area contributed by atoms with Gasteiger partial charge in [0.25, 0.3) is 0 Å². The van der Waals surface area contributed by atoms with Crippen LogP contribution in [-0.2, 0) is 4.65 Å². The zero-order chi connectivity index (χ0) is 15.0. The quantitative estimate of drug-likeness (QED) is 0.875. The van der Waals surface area contributed by atoms with Crippen LogP contribution in [0.3, 0.4) is 0 Å². The van der Waals surface area contributed by atoms with Crippen LogP contribution in [-0.4, -0.2) is 23.8 Å². The molecule has 0 amide bonds. The Bertz CT molecular complexity index is 612. The molecule has 4 heteroatoms. The number of benzene rings is 2. The van der Waals surface area contributed by atoms with E-state index in [0.29, 0.717) is 5.02 Å². The smallest absolute Gasteiger partial charge is 0.331 e. The highest BCUT2D eigenvalue weighted by Crippen LogP contribution is 2.25. The van der Waals surface area contributed by atoms with E-state index in [4.69, 9.17) is 16.3 Å². The summed E-state index contributed by atoms with van der Waals surface area (Å²) >= 11 is 6.28. The zero-order valence-corrected chi connectivity index (χ0v) is 13.0. The standard InChI is InChI=1S/C16H19BClO2/c1-15(2,19)16(3,4)20-17-12-9-5-7-11-8-6-10-13(18)14(11)12/h5-10,19H,1-4H3. The molecule has 0 saturated carbocycles. The van der Waals surface area contributed by atoms with Gasteiger partial charge >= 0.3 is 7.48 Å². The van der Waals surface area contributed by atoms with Crippen LogP contribution in [0.1, 0.15) is 27.7 Å². The number of aliphatic hydroxyl groups is 1. The molecule has 1 radical (unpaired) electrons. The minimum atomic E-state index is -0.947.